The average Bonchev–Trinajstić information content (AvgIpc) is 3.13. The molecule has 15 nitrogen and oxygen atoms in total. The number of aliphatic carboxylic acids is 2. The van der Waals surface area contributed by atoms with Crippen LogP contribution in [0.4, 0.5) is 5.69 Å². The highest BCUT2D eigenvalue weighted by Gasteiger charge is 2.42. The quantitative estimate of drug-likeness (QED) is 0.107. The van der Waals surface area contributed by atoms with Gasteiger partial charge in [-0.25, -0.2) is 14.4 Å². The number of carboxylic acids is 2. The zero-order valence-corrected chi connectivity index (χ0v) is 29.4. The molecule has 15 heteroatoms. The number of aryl methyl sites for hydroxylation is 1. The van der Waals surface area contributed by atoms with Crippen molar-refractivity contribution in [2.24, 2.45) is 5.41 Å². The van der Waals surface area contributed by atoms with Crippen molar-refractivity contribution < 1.29 is 62.7 Å². The Morgan fingerprint density at radius 1 is 1.00 bits per heavy atom. The molecule has 0 radical (unpaired) electrons. The third kappa shape index (κ3) is 12.0. The molecule has 2 aromatic rings. The van der Waals surface area contributed by atoms with Crippen molar-refractivity contribution in [3.63, 3.8) is 0 Å². The summed E-state index contributed by atoms with van der Waals surface area (Å²) in [4.78, 5) is 87.8. The Morgan fingerprint density at radius 3 is 2.42 bits per heavy atom. The van der Waals surface area contributed by atoms with E-state index in [4.69, 9.17) is 29.2 Å². The number of nitrogens with zero attached hydrogens (tertiary/aromatic N) is 1. The maximum absolute atomic E-state index is 13.9. The number of rotatable bonds is 19. The summed E-state index contributed by atoms with van der Waals surface area (Å²) in [7, 11) is 1.41. The highest BCUT2D eigenvalue weighted by atomic mass is 16.5. The van der Waals surface area contributed by atoms with Gasteiger partial charge in [0.2, 0.25) is 11.7 Å². The zero-order chi connectivity index (χ0) is 38.4. The summed E-state index contributed by atoms with van der Waals surface area (Å²) in [5.41, 5.74) is 0.190. The lowest BCUT2D eigenvalue weighted by atomic mass is 9.87. The van der Waals surface area contributed by atoms with Gasteiger partial charge in [0.15, 0.2) is 18.1 Å². The van der Waals surface area contributed by atoms with Crippen molar-refractivity contribution in [3.8, 4) is 11.5 Å². The molecule has 52 heavy (non-hydrogen) atoms. The number of amides is 2. The van der Waals surface area contributed by atoms with Crippen LogP contribution in [0, 0.1) is 5.41 Å². The average molecular weight is 725 g/mol. The topological polar surface area (TPSA) is 212 Å². The van der Waals surface area contributed by atoms with Crippen molar-refractivity contribution in [2.45, 2.75) is 70.9 Å². The number of ketones is 1. The summed E-state index contributed by atoms with van der Waals surface area (Å²) in [6.45, 7) is 5.44. The Bertz CT molecular complexity index is 1670. The summed E-state index contributed by atoms with van der Waals surface area (Å²) in [6, 6.07) is 10.4. The van der Waals surface area contributed by atoms with Gasteiger partial charge in [-0.15, -0.1) is 0 Å². The van der Waals surface area contributed by atoms with Gasteiger partial charge in [-0.05, 0) is 81.3 Å². The molecule has 1 aliphatic heterocycles. The Labute approximate surface area is 300 Å². The second-order valence-corrected chi connectivity index (χ2v) is 12.7. The lowest BCUT2D eigenvalue weighted by molar-refractivity contribution is -0.165. The van der Waals surface area contributed by atoms with Crippen molar-refractivity contribution >= 4 is 47.2 Å². The molecule has 2 atom stereocenters. The highest BCUT2D eigenvalue weighted by molar-refractivity contribution is 6.38. The van der Waals surface area contributed by atoms with Gasteiger partial charge in [-0.3, -0.25) is 19.2 Å². The number of carbonyl (C=O) groups is 7. The largest absolute Gasteiger partial charge is 0.493 e. The lowest BCUT2D eigenvalue weighted by Gasteiger charge is -2.36. The molecule has 0 saturated carbocycles. The molecule has 2 aromatic carbocycles. The number of likely N-dealkylation sites (tertiary alicyclic amines) is 1. The normalized spacial score (nSPS) is 14.7. The summed E-state index contributed by atoms with van der Waals surface area (Å²) in [5, 5.41) is 20.6. The molecule has 1 aliphatic rings. The molecule has 0 unspecified atom stereocenters. The molecular weight excluding hydrogens is 680 g/mol. The first-order valence-corrected chi connectivity index (χ1v) is 16.6. The van der Waals surface area contributed by atoms with Crippen LogP contribution in [0.25, 0.3) is 0 Å². The van der Waals surface area contributed by atoms with Crippen LogP contribution >= 0.6 is 0 Å². The predicted octanol–water partition coefficient (Wildman–Crippen LogP) is 3.88. The lowest BCUT2D eigenvalue weighted by Crippen LogP contribution is -2.53. The van der Waals surface area contributed by atoms with Crippen molar-refractivity contribution in [2.75, 3.05) is 32.2 Å². The number of ether oxygens (including phenoxy) is 4. The summed E-state index contributed by atoms with van der Waals surface area (Å²) >= 11 is 0. The molecule has 1 saturated heterocycles. The Balaban J connectivity index is 1.87. The van der Waals surface area contributed by atoms with Crippen LogP contribution in [-0.2, 0) is 49.5 Å². The zero-order valence-electron chi connectivity index (χ0n) is 29.4. The minimum absolute atomic E-state index is 0.130. The van der Waals surface area contributed by atoms with Crippen LogP contribution in [-0.4, -0.2) is 89.5 Å². The maximum Gasteiger partial charge on any atom is 0.341 e. The molecule has 2 amide bonds. The minimum atomic E-state index is -1.38. The van der Waals surface area contributed by atoms with Crippen LogP contribution in [0.3, 0.4) is 0 Å². The fraction of sp³-hybridized carbons (Fsp3) is 0.432. The molecular formula is C37H44N2O13. The van der Waals surface area contributed by atoms with Gasteiger partial charge in [0.05, 0.1) is 18.9 Å². The number of methoxy groups -OCH3 is 1. The first-order chi connectivity index (χ1) is 24.6. The summed E-state index contributed by atoms with van der Waals surface area (Å²) < 4.78 is 21.8. The molecule has 0 spiro atoms. The van der Waals surface area contributed by atoms with Crippen LogP contribution in [0.5, 0.6) is 11.5 Å². The van der Waals surface area contributed by atoms with Crippen LogP contribution in [0.1, 0.15) is 69.6 Å². The van der Waals surface area contributed by atoms with Crippen LogP contribution < -0.4 is 14.8 Å². The van der Waals surface area contributed by atoms with Gasteiger partial charge in [-0.1, -0.05) is 24.8 Å². The van der Waals surface area contributed by atoms with Gasteiger partial charge < -0.3 is 39.4 Å². The Kier molecular flexibility index (Phi) is 14.9. The standard InChI is InChI=1S/C37H44N2O13/c1-5-33(45)51-22-37(2,3)34(46)35(47)39-18-7-6-11-26(39)36(48)52-27(24-9-8-10-25(20-24)38-30(40)16-17-31(41)42)14-12-23-13-15-28(29(19-23)49-4)50-21-32(43)44/h5,8-10,13,15,19-20,26-27H,1,6-7,11-12,14,16-18,21-22H2,2-4H3,(H,38,40)(H,41,42)(H,43,44)/t26-,27+/m0/s1. The summed E-state index contributed by atoms with van der Waals surface area (Å²) in [5.74, 6) is -5.51. The summed E-state index contributed by atoms with van der Waals surface area (Å²) in [6.07, 6.45) is 1.35. The number of benzene rings is 2. The SMILES string of the molecule is C=CC(=O)OCC(C)(C)C(=O)C(=O)N1CCCC[C@H]1C(=O)O[C@H](CCc1ccc(OCC(=O)O)c(OC)c1)c1cccc(NC(=O)CCC(=O)O)c1. The van der Waals surface area contributed by atoms with E-state index in [1.165, 1.54) is 25.9 Å². The molecule has 0 aliphatic carbocycles. The molecule has 0 aromatic heterocycles. The van der Waals surface area contributed by atoms with Gasteiger partial charge >= 0.3 is 23.9 Å². The van der Waals surface area contributed by atoms with E-state index in [0.717, 1.165) is 11.6 Å². The fourth-order valence-electron chi connectivity index (χ4n) is 5.41. The van der Waals surface area contributed by atoms with E-state index in [1.54, 1.807) is 42.5 Å². The van der Waals surface area contributed by atoms with E-state index in [2.05, 4.69) is 11.9 Å². The van der Waals surface area contributed by atoms with Gasteiger partial charge in [0, 0.05) is 24.7 Å². The van der Waals surface area contributed by atoms with Crippen molar-refractivity contribution in [1.82, 2.24) is 4.90 Å². The van der Waals surface area contributed by atoms with E-state index in [0.29, 0.717) is 36.3 Å². The maximum atomic E-state index is 13.9. The fourth-order valence-corrected chi connectivity index (χ4v) is 5.41. The number of piperidine rings is 1. The molecule has 0 bridgehead atoms. The van der Waals surface area contributed by atoms with Crippen molar-refractivity contribution in [1.29, 1.82) is 0 Å². The number of carboxylic acid groups (broad SMARTS) is 2. The van der Waals surface area contributed by atoms with Gasteiger partial charge in [0.1, 0.15) is 18.8 Å². The van der Waals surface area contributed by atoms with Crippen molar-refractivity contribution in [3.05, 3.63) is 66.2 Å². The van der Waals surface area contributed by atoms with Crippen LogP contribution in [0.2, 0.25) is 0 Å². The monoisotopic (exact) mass is 724 g/mol. The number of anilines is 1. The smallest absolute Gasteiger partial charge is 0.341 e. The number of hydrogen-bond donors (Lipinski definition) is 3. The highest BCUT2D eigenvalue weighted by Crippen LogP contribution is 2.32. The van der Waals surface area contributed by atoms with Gasteiger partial charge in [-0.2, -0.15) is 0 Å². The van der Waals surface area contributed by atoms with E-state index >= 15 is 0 Å². The van der Waals surface area contributed by atoms with E-state index in [-0.39, 0.29) is 44.6 Å². The molecule has 1 fully saturated rings. The first kappa shape index (κ1) is 40.7. The number of Topliss-reactive ketones (excluding diaryl/α,β-unsaturated/α-hetero) is 1. The second-order valence-electron chi connectivity index (χ2n) is 12.7. The predicted molar refractivity (Wildman–Crippen MR) is 185 cm³/mol. The van der Waals surface area contributed by atoms with E-state index in [1.807, 2.05) is 0 Å². The Hall–Kier alpha value is -5.73. The number of esters is 2. The van der Waals surface area contributed by atoms with E-state index in [9.17, 15) is 33.6 Å². The molecule has 1 heterocycles. The second kappa shape index (κ2) is 19.0. The number of carbonyl (C=O) groups excluding carboxylic acids is 5. The first-order valence-electron chi connectivity index (χ1n) is 16.6. The third-order valence-electron chi connectivity index (χ3n) is 8.23. The number of hydrogen-bond acceptors (Lipinski definition) is 11. The van der Waals surface area contributed by atoms with Crippen LogP contribution in [0.15, 0.2) is 55.1 Å². The molecule has 3 rings (SSSR count). The third-order valence-corrected chi connectivity index (χ3v) is 8.23. The molecule has 3 N–H and O–H groups in total. The Morgan fingerprint density at radius 2 is 1.75 bits per heavy atom. The number of nitrogens with one attached hydrogen (secondary N) is 1. The minimum Gasteiger partial charge on any atom is -0.493 e. The molecule has 280 valence electrons. The van der Waals surface area contributed by atoms with E-state index < -0.39 is 65.6 Å². The van der Waals surface area contributed by atoms with Gasteiger partial charge in [0.25, 0.3) is 5.91 Å².